The maximum Gasteiger partial charge on any atom is 0.335 e. The monoisotopic (exact) mass is 679 g/mol. The minimum Gasteiger partial charge on any atom is -0.481 e. The fourth-order valence-corrected chi connectivity index (χ4v) is 5.30. The molecule has 1 saturated heterocycles. The minimum absolute atomic E-state index is 0.218. The van der Waals surface area contributed by atoms with Crippen LogP contribution in [0.15, 0.2) is 69.1 Å². The van der Waals surface area contributed by atoms with E-state index in [-0.39, 0.29) is 17.9 Å². The van der Waals surface area contributed by atoms with Gasteiger partial charge in [-0.3, -0.25) is 19.7 Å². The summed E-state index contributed by atoms with van der Waals surface area (Å²) in [5.41, 5.74) is 1.84. The smallest absolute Gasteiger partial charge is 0.335 e. The van der Waals surface area contributed by atoms with E-state index in [9.17, 15) is 19.2 Å². The van der Waals surface area contributed by atoms with Crippen molar-refractivity contribution in [2.45, 2.75) is 6.92 Å². The number of hydrogen-bond acceptors (Lipinski definition) is 5. The number of halogens is 4. The van der Waals surface area contributed by atoms with Gasteiger partial charge in [0.1, 0.15) is 11.3 Å². The third kappa shape index (κ3) is 6.27. The van der Waals surface area contributed by atoms with Crippen LogP contribution in [0.5, 0.6) is 5.75 Å². The molecule has 0 spiro atoms. The van der Waals surface area contributed by atoms with Crippen molar-refractivity contribution in [3.8, 4) is 5.75 Å². The zero-order valence-corrected chi connectivity index (χ0v) is 24.2. The lowest BCUT2D eigenvalue weighted by atomic mass is 10.1. The van der Waals surface area contributed by atoms with Crippen molar-refractivity contribution in [2.75, 3.05) is 16.8 Å². The van der Waals surface area contributed by atoms with Gasteiger partial charge in [-0.2, -0.15) is 0 Å². The first-order valence-corrected chi connectivity index (χ1v) is 13.2. The number of urea groups is 1. The second kappa shape index (κ2) is 11.7. The Bertz CT molecular complexity index is 1500. The Labute approximate surface area is 244 Å². The Morgan fingerprint density at radius 3 is 2.42 bits per heavy atom. The Balaban J connectivity index is 1.51. The molecular weight excluding hydrogens is 665 g/mol. The van der Waals surface area contributed by atoms with E-state index in [0.29, 0.717) is 36.0 Å². The lowest BCUT2D eigenvalue weighted by Gasteiger charge is -2.26. The van der Waals surface area contributed by atoms with Gasteiger partial charge in [-0.25, -0.2) is 9.69 Å². The number of nitrogens with zero attached hydrogens (tertiary/aromatic N) is 1. The molecule has 0 aliphatic carbocycles. The van der Waals surface area contributed by atoms with Crippen molar-refractivity contribution >= 4 is 96.3 Å². The van der Waals surface area contributed by atoms with E-state index in [1.807, 2.05) is 6.92 Å². The van der Waals surface area contributed by atoms with Crippen LogP contribution < -0.4 is 20.3 Å². The van der Waals surface area contributed by atoms with Crippen LogP contribution in [0.25, 0.3) is 6.08 Å². The molecule has 0 bridgehead atoms. The van der Waals surface area contributed by atoms with E-state index >= 15 is 0 Å². The van der Waals surface area contributed by atoms with Crippen LogP contribution in [0.2, 0.25) is 10.0 Å². The first kappa shape index (κ1) is 27.8. The minimum atomic E-state index is -0.878. The van der Waals surface area contributed by atoms with E-state index in [1.165, 1.54) is 18.2 Å². The SMILES string of the molecule is Cc1ccc(NC(=O)COc2c(Br)cc(/C=C3\C(=O)NC(=O)N(c4cccc(Cl)c4)C3=O)cc2Br)cc1Cl. The molecule has 3 aromatic rings. The van der Waals surface area contributed by atoms with Crippen LogP contribution in [-0.4, -0.2) is 30.4 Å². The zero-order valence-electron chi connectivity index (χ0n) is 19.5. The van der Waals surface area contributed by atoms with Crippen molar-refractivity contribution in [3.63, 3.8) is 0 Å². The zero-order chi connectivity index (χ0) is 27.6. The van der Waals surface area contributed by atoms with Gasteiger partial charge < -0.3 is 10.1 Å². The van der Waals surface area contributed by atoms with Gasteiger partial charge in [-0.05, 0) is 98.5 Å². The van der Waals surface area contributed by atoms with E-state index in [4.69, 9.17) is 27.9 Å². The van der Waals surface area contributed by atoms with Crippen molar-refractivity contribution in [1.82, 2.24) is 5.32 Å². The molecule has 1 heterocycles. The number of amides is 5. The van der Waals surface area contributed by atoms with E-state index < -0.39 is 23.8 Å². The molecule has 1 aliphatic rings. The molecule has 0 aromatic heterocycles. The molecule has 2 N–H and O–H groups in total. The second-order valence-electron chi connectivity index (χ2n) is 8.05. The van der Waals surface area contributed by atoms with Crippen molar-refractivity contribution in [2.24, 2.45) is 0 Å². The molecule has 0 radical (unpaired) electrons. The molecule has 4 rings (SSSR count). The standard InChI is InChI=1S/C26H17Br2Cl2N3O5/c1-13-5-6-16(11-21(13)30)31-22(34)12-38-23-19(27)8-14(9-20(23)28)7-18-24(35)32-26(37)33(25(18)36)17-4-2-3-15(29)10-17/h2-11H,12H2,1H3,(H,31,34)(H,32,35,37)/b18-7+. The number of nitrogens with one attached hydrogen (secondary N) is 2. The molecule has 1 fully saturated rings. The van der Waals surface area contributed by atoms with Crippen LogP contribution >= 0.6 is 55.1 Å². The highest BCUT2D eigenvalue weighted by molar-refractivity contribution is 9.11. The predicted octanol–water partition coefficient (Wildman–Crippen LogP) is 6.51. The van der Waals surface area contributed by atoms with Crippen LogP contribution in [0.4, 0.5) is 16.2 Å². The lowest BCUT2D eigenvalue weighted by molar-refractivity contribution is -0.122. The highest BCUT2D eigenvalue weighted by Crippen LogP contribution is 2.36. The van der Waals surface area contributed by atoms with Crippen molar-refractivity contribution < 1.29 is 23.9 Å². The fourth-order valence-electron chi connectivity index (χ4n) is 3.48. The summed E-state index contributed by atoms with van der Waals surface area (Å²) in [5, 5.41) is 5.73. The Kier molecular flexibility index (Phi) is 8.57. The van der Waals surface area contributed by atoms with Crippen LogP contribution in [0.1, 0.15) is 11.1 Å². The first-order chi connectivity index (χ1) is 18.0. The number of benzene rings is 3. The number of imide groups is 2. The van der Waals surface area contributed by atoms with Gasteiger partial charge in [-0.15, -0.1) is 0 Å². The Morgan fingerprint density at radius 1 is 1.05 bits per heavy atom. The number of hydrogen-bond donors (Lipinski definition) is 2. The van der Waals surface area contributed by atoms with Gasteiger partial charge in [0.05, 0.1) is 14.6 Å². The van der Waals surface area contributed by atoms with E-state index in [2.05, 4.69) is 42.5 Å². The summed E-state index contributed by atoms with van der Waals surface area (Å²) in [4.78, 5) is 51.2. The quantitative estimate of drug-likeness (QED) is 0.228. The van der Waals surface area contributed by atoms with Gasteiger partial charge in [0.25, 0.3) is 17.7 Å². The second-order valence-corrected chi connectivity index (χ2v) is 10.6. The molecule has 38 heavy (non-hydrogen) atoms. The molecule has 194 valence electrons. The number of carbonyl (C=O) groups excluding carboxylic acids is 4. The molecule has 0 atom stereocenters. The number of barbiturate groups is 1. The van der Waals surface area contributed by atoms with Gasteiger partial charge in [0, 0.05) is 15.7 Å². The molecule has 5 amide bonds. The highest BCUT2D eigenvalue weighted by Gasteiger charge is 2.37. The number of ether oxygens (including phenoxy) is 1. The Hall–Kier alpha value is -3.18. The predicted molar refractivity (Wildman–Crippen MR) is 153 cm³/mol. The van der Waals surface area contributed by atoms with Gasteiger partial charge >= 0.3 is 6.03 Å². The van der Waals surface area contributed by atoms with Crippen molar-refractivity contribution in [3.05, 3.63) is 90.3 Å². The third-order valence-electron chi connectivity index (χ3n) is 5.30. The summed E-state index contributed by atoms with van der Waals surface area (Å²) in [6.07, 6.45) is 1.34. The normalized spacial score (nSPS) is 14.5. The van der Waals surface area contributed by atoms with Crippen LogP contribution in [0.3, 0.4) is 0 Å². The Morgan fingerprint density at radius 2 is 1.76 bits per heavy atom. The molecule has 0 saturated carbocycles. The molecule has 1 aliphatic heterocycles. The van der Waals surface area contributed by atoms with E-state index in [0.717, 1.165) is 10.5 Å². The average Bonchev–Trinajstić information content (AvgIpc) is 2.83. The number of aryl methyl sites for hydroxylation is 1. The third-order valence-corrected chi connectivity index (χ3v) is 7.12. The summed E-state index contributed by atoms with van der Waals surface area (Å²) in [6.45, 7) is 1.57. The molecule has 3 aromatic carbocycles. The van der Waals surface area contributed by atoms with Crippen LogP contribution in [0, 0.1) is 6.92 Å². The first-order valence-electron chi connectivity index (χ1n) is 10.9. The maximum absolute atomic E-state index is 13.1. The molecule has 12 heteroatoms. The summed E-state index contributed by atoms with van der Waals surface area (Å²) in [7, 11) is 0. The molecule has 8 nitrogen and oxygen atoms in total. The van der Waals surface area contributed by atoms with Gasteiger partial charge in [-0.1, -0.05) is 35.3 Å². The van der Waals surface area contributed by atoms with Gasteiger partial charge in [0.15, 0.2) is 6.61 Å². The number of anilines is 2. The summed E-state index contributed by atoms with van der Waals surface area (Å²) >= 11 is 18.9. The average molecular weight is 682 g/mol. The molecule has 0 unspecified atom stereocenters. The fraction of sp³-hybridized carbons (Fsp3) is 0.0769. The summed E-state index contributed by atoms with van der Waals surface area (Å²) in [6, 6.07) is 13.6. The topological polar surface area (TPSA) is 105 Å². The number of carbonyl (C=O) groups is 4. The summed E-state index contributed by atoms with van der Waals surface area (Å²) < 4.78 is 6.58. The van der Waals surface area contributed by atoms with Gasteiger partial charge in [0.2, 0.25) is 0 Å². The largest absolute Gasteiger partial charge is 0.481 e. The van der Waals surface area contributed by atoms with Crippen LogP contribution in [-0.2, 0) is 14.4 Å². The lowest BCUT2D eigenvalue weighted by Crippen LogP contribution is -2.54. The highest BCUT2D eigenvalue weighted by atomic mass is 79.9. The van der Waals surface area contributed by atoms with E-state index in [1.54, 1.807) is 42.5 Å². The molecular formula is C26H17Br2Cl2N3O5. The number of rotatable bonds is 6. The summed E-state index contributed by atoms with van der Waals surface area (Å²) in [5.74, 6) is -1.70. The van der Waals surface area contributed by atoms with Crippen molar-refractivity contribution in [1.29, 1.82) is 0 Å². The maximum atomic E-state index is 13.1.